The summed E-state index contributed by atoms with van der Waals surface area (Å²) >= 11 is 0. The van der Waals surface area contributed by atoms with Gasteiger partial charge in [-0.25, -0.2) is 0 Å². The van der Waals surface area contributed by atoms with Gasteiger partial charge in [-0.05, 0) is 31.9 Å². The number of amides is 2. The molecule has 2 rings (SSSR count). The van der Waals surface area contributed by atoms with Crippen molar-refractivity contribution in [2.45, 2.75) is 57.1 Å². The molecule has 2 amide bonds. The van der Waals surface area contributed by atoms with Crippen LogP contribution in [-0.2, 0) is 4.79 Å². The zero-order valence-electron chi connectivity index (χ0n) is 13.7. The van der Waals surface area contributed by atoms with Gasteiger partial charge in [-0.3, -0.25) is 9.59 Å². The Hall–Kier alpha value is -1.88. The molecule has 1 aliphatic rings. The Bertz CT molecular complexity index is 522. The fourth-order valence-corrected chi connectivity index (χ4v) is 2.90. The highest BCUT2D eigenvalue weighted by molar-refractivity contribution is 5.97. The SMILES string of the molecule is CC(NC(=O)c1ccccc1)C(=O)NCC1(O)CCCCCC1. The minimum absolute atomic E-state index is 0.247. The maximum Gasteiger partial charge on any atom is 0.251 e. The van der Waals surface area contributed by atoms with Crippen molar-refractivity contribution in [1.82, 2.24) is 10.6 Å². The topological polar surface area (TPSA) is 78.4 Å². The summed E-state index contributed by atoms with van der Waals surface area (Å²) in [5.41, 5.74) is -0.287. The van der Waals surface area contributed by atoms with E-state index in [2.05, 4.69) is 10.6 Å². The molecule has 5 heteroatoms. The number of nitrogens with one attached hydrogen (secondary N) is 2. The molecule has 1 saturated carbocycles. The third-order valence-corrected chi connectivity index (χ3v) is 4.40. The van der Waals surface area contributed by atoms with E-state index in [0.29, 0.717) is 5.56 Å². The number of hydrogen-bond acceptors (Lipinski definition) is 3. The molecule has 0 aliphatic heterocycles. The van der Waals surface area contributed by atoms with Crippen LogP contribution in [0.25, 0.3) is 0 Å². The van der Waals surface area contributed by atoms with Crippen molar-refractivity contribution < 1.29 is 14.7 Å². The normalized spacial score (nSPS) is 18.5. The highest BCUT2D eigenvalue weighted by atomic mass is 16.3. The fraction of sp³-hybridized carbons (Fsp3) is 0.556. The molecule has 3 N–H and O–H groups in total. The Labute approximate surface area is 137 Å². The molecule has 1 unspecified atom stereocenters. The van der Waals surface area contributed by atoms with Crippen LogP contribution in [0.15, 0.2) is 30.3 Å². The van der Waals surface area contributed by atoms with Gasteiger partial charge < -0.3 is 15.7 Å². The third-order valence-electron chi connectivity index (χ3n) is 4.40. The number of aliphatic hydroxyl groups is 1. The zero-order valence-corrected chi connectivity index (χ0v) is 13.7. The van der Waals surface area contributed by atoms with Crippen LogP contribution in [0, 0.1) is 0 Å². The Kier molecular flexibility index (Phi) is 6.16. The first-order valence-electron chi connectivity index (χ1n) is 8.36. The summed E-state index contributed by atoms with van der Waals surface area (Å²) in [6.07, 6.45) is 5.70. The summed E-state index contributed by atoms with van der Waals surface area (Å²) in [6, 6.07) is 8.16. The smallest absolute Gasteiger partial charge is 0.251 e. The van der Waals surface area contributed by atoms with Crippen LogP contribution in [0.1, 0.15) is 55.8 Å². The fourth-order valence-electron chi connectivity index (χ4n) is 2.90. The summed E-state index contributed by atoms with van der Waals surface area (Å²) in [6.45, 7) is 1.89. The van der Waals surface area contributed by atoms with E-state index >= 15 is 0 Å². The van der Waals surface area contributed by atoms with Crippen molar-refractivity contribution in [3.8, 4) is 0 Å². The number of hydrogen-bond donors (Lipinski definition) is 3. The van der Waals surface area contributed by atoms with Gasteiger partial charge in [0.1, 0.15) is 6.04 Å². The third kappa shape index (κ3) is 5.36. The average Bonchev–Trinajstić information content (AvgIpc) is 2.78. The van der Waals surface area contributed by atoms with Crippen molar-refractivity contribution in [1.29, 1.82) is 0 Å². The first-order valence-corrected chi connectivity index (χ1v) is 8.36. The van der Waals surface area contributed by atoms with Crippen molar-refractivity contribution in [2.24, 2.45) is 0 Å². The standard InChI is InChI=1S/C18H26N2O3/c1-14(20-17(22)15-9-5-4-6-10-15)16(21)19-13-18(23)11-7-2-3-8-12-18/h4-6,9-10,14,23H,2-3,7-8,11-13H2,1H3,(H,19,21)(H,20,22). The summed E-state index contributed by atoms with van der Waals surface area (Å²) in [5.74, 6) is -0.548. The van der Waals surface area contributed by atoms with Gasteiger partial charge in [0.15, 0.2) is 0 Å². The molecule has 1 atom stereocenters. The number of benzene rings is 1. The predicted molar refractivity (Wildman–Crippen MR) is 89.0 cm³/mol. The van der Waals surface area contributed by atoms with Gasteiger partial charge in [-0.1, -0.05) is 43.9 Å². The Morgan fingerprint density at radius 1 is 1.13 bits per heavy atom. The summed E-state index contributed by atoms with van der Waals surface area (Å²) in [5, 5.41) is 16.0. The van der Waals surface area contributed by atoms with Gasteiger partial charge in [-0.15, -0.1) is 0 Å². The van der Waals surface area contributed by atoms with E-state index in [1.54, 1.807) is 31.2 Å². The lowest BCUT2D eigenvalue weighted by Gasteiger charge is -2.27. The van der Waals surface area contributed by atoms with Crippen LogP contribution in [0.4, 0.5) is 0 Å². The predicted octanol–water partition coefficient (Wildman–Crippen LogP) is 2.01. The van der Waals surface area contributed by atoms with Crippen LogP contribution in [0.3, 0.4) is 0 Å². The molecule has 5 nitrogen and oxygen atoms in total. The van der Waals surface area contributed by atoms with Crippen LogP contribution < -0.4 is 10.6 Å². The summed E-state index contributed by atoms with van der Waals surface area (Å²) in [7, 11) is 0. The molecule has 23 heavy (non-hydrogen) atoms. The molecule has 0 radical (unpaired) electrons. The van der Waals surface area contributed by atoms with E-state index in [-0.39, 0.29) is 18.4 Å². The first-order chi connectivity index (χ1) is 11.0. The second-order valence-corrected chi connectivity index (χ2v) is 6.42. The van der Waals surface area contributed by atoms with Crippen LogP contribution in [0.5, 0.6) is 0 Å². The molecule has 126 valence electrons. The minimum atomic E-state index is -0.810. The highest BCUT2D eigenvalue weighted by Gasteiger charge is 2.29. The van der Waals surface area contributed by atoms with E-state index in [9.17, 15) is 14.7 Å². The van der Waals surface area contributed by atoms with Gasteiger partial charge in [0.2, 0.25) is 5.91 Å². The molecule has 0 spiro atoms. The van der Waals surface area contributed by atoms with E-state index in [1.165, 1.54) is 0 Å². The van der Waals surface area contributed by atoms with Crippen LogP contribution in [0.2, 0.25) is 0 Å². The van der Waals surface area contributed by atoms with E-state index < -0.39 is 11.6 Å². The maximum absolute atomic E-state index is 12.1. The molecular formula is C18H26N2O3. The Balaban J connectivity index is 1.81. The minimum Gasteiger partial charge on any atom is -0.388 e. The second kappa shape index (κ2) is 8.11. The monoisotopic (exact) mass is 318 g/mol. The number of carbonyl (C=O) groups is 2. The first kappa shape index (κ1) is 17.5. The molecular weight excluding hydrogens is 292 g/mol. The van der Waals surface area contributed by atoms with Crippen molar-refractivity contribution >= 4 is 11.8 Å². The molecule has 0 saturated heterocycles. The summed E-state index contributed by atoms with van der Waals surface area (Å²) in [4.78, 5) is 24.2. The van der Waals surface area contributed by atoms with Gasteiger partial charge in [0.25, 0.3) is 5.91 Å². The van der Waals surface area contributed by atoms with Gasteiger partial charge in [-0.2, -0.15) is 0 Å². The van der Waals surface area contributed by atoms with E-state index in [0.717, 1.165) is 38.5 Å². The molecule has 0 aromatic heterocycles. The lowest BCUT2D eigenvalue weighted by molar-refractivity contribution is -0.124. The van der Waals surface area contributed by atoms with Gasteiger partial charge in [0.05, 0.1) is 5.60 Å². The van der Waals surface area contributed by atoms with E-state index in [4.69, 9.17) is 0 Å². The average molecular weight is 318 g/mol. The van der Waals surface area contributed by atoms with Gasteiger partial charge >= 0.3 is 0 Å². The molecule has 1 aromatic rings. The quantitative estimate of drug-likeness (QED) is 0.727. The molecule has 1 aromatic carbocycles. The Morgan fingerprint density at radius 2 is 1.74 bits per heavy atom. The molecule has 0 bridgehead atoms. The van der Waals surface area contributed by atoms with Crippen molar-refractivity contribution in [3.63, 3.8) is 0 Å². The van der Waals surface area contributed by atoms with Crippen molar-refractivity contribution in [2.75, 3.05) is 6.54 Å². The summed E-state index contributed by atoms with van der Waals surface area (Å²) < 4.78 is 0. The van der Waals surface area contributed by atoms with E-state index in [1.807, 2.05) is 6.07 Å². The Morgan fingerprint density at radius 3 is 2.35 bits per heavy atom. The molecule has 0 heterocycles. The number of carbonyl (C=O) groups excluding carboxylic acids is 2. The largest absolute Gasteiger partial charge is 0.388 e. The van der Waals surface area contributed by atoms with Crippen molar-refractivity contribution in [3.05, 3.63) is 35.9 Å². The lowest BCUT2D eigenvalue weighted by Crippen LogP contribution is -2.49. The second-order valence-electron chi connectivity index (χ2n) is 6.42. The van der Waals surface area contributed by atoms with Crippen LogP contribution >= 0.6 is 0 Å². The molecule has 1 aliphatic carbocycles. The van der Waals surface area contributed by atoms with Crippen LogP contribution in [-0.4, -0.2) is 35.1 Å². The zero-order chi connectivity index (χ0) is 16.7. The highest BCUT2D eigenvalue weighted by Crippen LogP contribution is 2.26. The maximum atomic E-state index is 12.1. The number of rotatable bonds is 5. The lowest BCUT2D eigenvalue weighted by atomic mass is 9.94. The molecule has 1 fully saturated rings. The van der Waals surface area contributed by atoms with Gasteiger partial charge in [0, 0.05) is 12.1 Å².